The van der Waals surface area contributed by atoms with Gasteiger partial charge in [0.25, 0.3) is 0 Å². The lowest BCUT2D eigenvalue weighted by Gasteiger charge is -2.31. The summed E-state index contributed by atoms with van der Waals surface area (Å²) in [5, 5.41) is 2.97. The molecule has 2 aliphatic rings. The molecule has 0 spiro atoms. The number of hydrogen-bond donors (Lipinski definition) is 2. The van der Waals surface area contributed by atoms with Crippen molar-refractivity contribution in [2.75, 3.05) is 13.1 Å². The Morgan fingerprint density at radius 2 is 2.00 bits per heavy atom. The lowest BCUT2D eigenvalue weighted by Crippen LogP contribution is -2.46. The largest absolute Gasteiger partial charge is 0.354 e. The Morgan fingerprint density at radius 3 is 2.44 bits per heavy atom. The van der Waals surface area contributed by atoms with E-state index in [1.807, 2.05) is 13.8 Å². The zero-order valence-corrected chi connectivity index (χ0v) is 11.7. The van der Waals surface area contributed by atoms with Crippen molar-refractivity contribution in [1.29, 1.82) is 0 Å². The van der Waals surface area contributed by atoms with Gasteiger partial charge >= 0.3 is 0 Å². The maximum Gasteiger partial charge on any atom is 0.221 e. The molecule has 2 fully saturated rings. The predicted octanol–water partition coefficient (Wildman–Crippen LogP) is 1.10. The van der Waals surface area contributed by atoms with Crippen molar-refractivity contribution in [2.45, 2.75) is 64.1 Å². The Morgan fingerprint density at radius 1 is 1.33 bits per heavy atom. The van der Waals surface area contributed by atoms with Crippen molar-refractivity contribution >= 4 is 5.91 Å². The minimum Gasteiger partial charge on any atom is -0.354 e. The Hall–Kier alpha value is -0.610. The van der Waals surface area contributed by atoms with Crippen molar-refractivity contribution in [2.24, 2.45) is 11.7 Å². The van der Waals surface area contributed by atoms with Gasteiger partial charge in [-0.25, -0.2) is 0 Å². The smallest absolute Gasteiger partial charge is 0.221 e. The van der Waals surface area contributed by atoms with Gasteiger partial charge in [-0.05, 0) is 45.4 Å². The molecule has 0 radical (unpaired) electrons. The van der Waals surface area contributed by atoms with Crippen LogP contribution in [0.3, 0.4) is 0 Å². The third kappa shape index (κ3) is 4.25. The quantitative estimate of drug-likeness (QED) is 0.681. The van der Waals surface area contributed by atoms with E-state index in [0.29, 0.717) is 19.0 Å². The normalized spacial score (nSPS) is 21.4. The summed E-state index contributed by atoms with van der Waals surface area (Å²) in [7, 11) is 0. The minimum atomic E-state index is 0.141. The predicted molar refractivity (Wildman–Crippen MR) is 73.2 cm³/mol. The topological polar surface area (TPSA) is 58.4 Å². The Balaban J connectivity index is 1.85. The van der Waals surface area contributed by atoms with Crippen LogP contribution in [0.4, 0.5) is 0 Å². The summed E-state index contributed by atoms with van der Waals surface area (Å²) in [6, 6.07) is 1.15. The molecule has 0 aromatic carbocycles. The van der Waals surface area contributed by atoms with E-state index in [1.165, 1.54) is 25.7 Å². The Kier molecular flexibility index (Phi) is 4.62. The second kappa shape index (κ2) is 6.02. The summed E-state index contributed by atoms with van der Waals surface area (Å²) in [6.45, 7) is 5.74. The van der Waals surface area contributed by atoms with Gasteiger partial charge in [0, 0.05) is 37.6 Å². The van der Waals surface area contributed by atoms with Gasteiger partial charge in [-0.1, -0.05) is 0 Å². The molecule has 0 aliphatic heterocycles. The second-order valence-electron chi connectivity index (χ2n) is 6.19. The molecule has 4 heteroatoms. The average Bonchev–Trinajstić information content (AvgIpc) is 3.14. The molecule has 3 N–H and O–H groups in total. The SMILES string of the molecule is CC(C)NC(=O)CC(CN)N(CC1CC1)C1CC1. The van der Waals surface area contributed by atoms with Crippen LogP contribution in [0.25, 0.3) is 0 Å². The van der Waals surface area contributed by atoms with E-state index in [9.17, 15) is 4.79 Å². The minimum absolute atomic E-state index is 0.141. The first kappa shape index (κ1) is 13.8. The highest BCUT2D eigenvalue weighted by atomic mass is 16.1. The zero-order valence-electron chi connectivity index (χ0n) is 11.7. The first-order valence-corrected chi connectivity index (χ1v) is 7.35. The van der Waals surface area contributed by atoms with Gasteiger partial charge in [-0.15, -0.1) is 0 Å². The van der Waals surface area contributed by atoms with Crippen LogP contribution in [0, 0.1) is 5.92 Å². The lowest BCUT2D eigenvalue weighted by atomic mass is 10.1. The van der Waals surface area contributed by atoms with Crippen LogP contribution in [0.5, 0.6) is 0 Å². The molecule has 1 unspecified atom stereocenters. The Labute approximate surface area is 110 Å². The van der Waals surface area contributed by atoms with Crippen LogP contribution in [-0.2, 0) is 4.79 Å². The summed E-state index contributed by atoms with van der Waals surface area (Å²) < 4.78 is 0. The van der Waals surface area contributed by atoms with E-state index < -0.39 is 0 Å². The van der Waals surface area contributed by atoms with Crippen LogP contribution in [-0.4, -0.2) is 42.0 Å². The molecule has 2 aliphatic carbocycles. The fourth-order valence-electron chi connectivity index (χ4n) is 2.53. The molecule has 18 heavy (non-hydrogen) atoms. The third-order valence-electron chi connectivity index (χ3n) is 3.79. The van der Waals surface area contributed by atoms with Gasteiger partial charge in [0.2, 0.25) is 5.91 Å². The monoisotopic (exact) mass is 253 g/mol. The van der Waals surface area contributed by atoms with Gasteiger partial charge in [-0.3, -0.25) is 9.69 Å². The van der Waals surface area contributed by atoms with Crippen molar-refractivity contribution in [3.63, 3.8) is 0 Å². The Bertz CT molecular complexity index is 285. The summed E-state index contributed by atoms with van der Waals surface area (Å²) in [4.78, 5) is 14.4. The molecule has 2 saturated carbocycles. The van der Waals surface area contributed by atoms with Crippen LogP contribution in [0.1, 0.15) is 46.0 Å². The number of nitrogens with one attached hydrogen (secondary N) is 1. The maximum atomic E-state index is 11.9. The molecule has 2 rings (SSSR count). The molecule has 0 aromatic rings. The third-order valence-corrected chi connectivity index (χ3v) is 3.79. The number of amides is 1. The van der Waals surface area contributed by atoms with E-state index in [0.717, 1.165) is 12.5 Å². The molecular formula is C14H27N3O. The van der Waals surface area contributed by atoms with E-state index in [-0.39, 0.29) is 18.0 Å². The number of nitrogens with two attached hydrogens (primary N) is 1. The molecule has 0 saturated heterocycles. The van der Waals surface area contributed by atoms with Crippen LogP contribution < -0.4 is 11.1 Å². The highest BCUT2D eigenvalue weighted by molar-refractivity contribution is 5.76. The molecule has 0 aromatic heterocycles. The van der Waals surface area contributed by atoms with Crippen LogP contribution >= 0.6 is 0 Å². The summed E-state index contributed by atoms with van der Waals surface area (Å²) in [5.41, 5.74) is 5.89. The molecule has 0 heterocycles. The van der Waals surface area contributed by atoms with E-state index >= 15 is 0 Å². The second-order valence-corrected chi connectivity index (χ2v) is 6.19. The highest BCUT2D eigenvalue weighted by Gasteiger charge is 2.37. The molecular weight excluding hydrogens is 226 g/mol. The molecule has 0 bridgehead atoms. The van der Waals surface area contributed by atoms with Gasteiger partial charge in [0.15, 0.2) is 0 Å². The average molecular weight is 253 g/mol. The lowest BCUT2D eigenvalue weighted by molar-refractivity contribution is -0.122. The molecule has 1 atom stereocenters. The molecule has 1 amide bonds. The molecule has 4 nitrogen and oxygen atoms in total. The fourth-order valence-corrected chi connectivity index (χ4v) is 2.53. The van der Waals surface area contributed by atoms with Crippen molar-refractivity contribution in [3.05, 3.63) is 0 Å². The number of carbonyl (C=O) groups excluding carboxylic acids is 1. The molecule has 104 valence electrons. The van der Waals surface area contributed by atoms with Gasteiger partial charge in [-0.2, -0.15) is 0 Å². The van der Waals surface area contributed by atoms with Crippen LogP contribution in [0.15, 0.2) is 0 Å². The fraction of sp³-hybridized carbons (Fsp3) is 0.929. The number of carbonyl (C=O) groups is 1. The number of nitrogens with zero attached hydrogens (tertiary/aromatic N) is 1. The summed E-state index contributed by atoms with van der Waals surface area (Å²) in [6.07, 6.45) is 5.85. The van der Waals surface area contributed by atoms with Crippen LogP contribution in [0.2, 0.25) is 0 Å². The standard InChI is InChI=1S/C14H27N3O/c1-10(2)16-14(18)7-13(8-15)17(12-5-6-12)9-11-3-4-11/h10-13H,3-9,15H2,1-2H3,(H,16,18). The summed E-state index contributed by atoms with van der Waals surface area (Å²) >= 11 is 0. The highest BCUT2D eigenvalue weighted by Crippen LogP contribution is 2.36. The van der Waals surface area contributed by atoms with Gasteiger partial charge in [0.1, 0.15) is 0 Å². The summed E-state index contributed by atoms with van der Waals surface area (Å²) in [5.74, 6) is 1.01. The van der Waals surface area contributed by atoms with Crippen molar-refractivity contribution < 1.29 is 4.79 Å². The van der Waals surface area contributed by atoms with Crippen molar-refractivity contribution in [3.8, 4) is 0 Å². The first-order valence-electron chi connectivity index (χ1n) is 7.35. The number of rotatable bonds is 8. The number of hydrogen-bond acceptors (Lipinski definition) is 3. The van der Waals surface area contributed by atoms with E-state index in [4.69, 9.17) is 5.73 Å². The first-order chi connectivity index (χ1) is 8.60. The maximum absolute atomic E-state index is 11.9. The van der Waals surface area contributed by atoms with Crippen molar-refractivity contribution in [1.82, 2.24) is 10.2 Å². The van der Waals surface area contributed by atoms with E-state index in [2.05, 4.69) is 10.2 Å². The van der Waals surface area contributed by atoms with Gasteiger partial charge < -0.3 is 11.1 Å². The zero-order chi connectivity index (χ0) is 13.1. The van der Waals surface area contributed by atoms with E-state index in [1.54, 1.807) is 0 Å². The van der Waals surface area contributed by atoms with Gasteiger partial charge in [0.05, 0.1) is 0 Å².